The van der Waals surface area contributed by atoms with E-state index >= 15 is 0 Å². The van der Waals surface area contributed by atoms with E-state index in [0.717, 1.165) is 5.25 Å². The molecule has 0 aromatic heterocycles. The first-order valence-corrected chi connectivity index (χ1v) is 8.30. The van der Waals surface area contributed by atoms with Crippen LogP contribution >= 0.6 is 11.8 Å². The second-order valence-electron chi connectivity index (χ2n) is 5.51. The molecule has 0 spiro atoms. The third kappa shape index (κ3) is 8.06. The fourth-order valence-electron chi connectivity index (χ4n) is 2.30. The summed E-state index contributed by atoms with van der Waals surface area (Å²) in [6.45, 7) is 11.9. The van der Waals surface area contributed by atoms with E-state index in [4.69, 9.17) is 0 Å². The van der Waals surface area contributed by atoms with Gasteiger partial charge in [0.05, 0.1) is 0 Å². The zero-order valence-corrected chi connectivity index (χ0v) is 12.7. The molecule has 1 saturated heterocycles. The summed E-state index contributed by atoms with van der Waals surface area (Å²) in [7, 11) is 0. The second kappa shape index (κ2) is 9.23. The zero-order valence-electron chi connectivity index (χ0n) is 11.9. The number of hydrogen-bond donors (Lipinski definition) is 1. The Hall–Kier alpha value is 0.270. The van der Waals surface area contributed by atoms with Gasteiger partial charge in [-0.05, 0) is 25.9 Å². The van der Waals surface area contributed by atoms with Crippen molar-refractivity contribution in [2.24, 2.45) is 0 Å². The molecular weight excluding hydrogens is 228 g/mol. The molecule has 1 aliphatic rings. The molecule has 1 unspecified atom stereocenters. The summed E-state index contributed by atoms with van der Waals surface area (Å²) in [5.74, 6) is 1.33. The van der Waals surface area contributed by atoms with Gasteiger partial charge in [0, 0.05) is 30.1 Å². The summed E-state index contributed by atoms with van der Waals surface area (Å²) in [5.41, 5.74) is 0. The van der Waals surface area contributed by atoms with Crippen molar-refractivity contribution in [1.82, 2.24) is 10.2 Å². The molecule has 1 aliphatic heterocycles. The second-order valence-corrected chi connectivity index (χ2v) is 7.05. The topological polar surface area (TPSA) is 15.3 Å². The molecule has 1 rings (SSSR count). The first-order valence-electron chi connectivity index (χ1n) is 7.26. The summed E-state index contributed by atoms with van der Waals surface area (Å²) in [5, 5.41) is 4.32. The molecule has 0 amide bonds. The minimum absolute atomic E-state index is 0.641. The summed E-state index contributed by atoms with van der Waals surface area (Å²) in [6.07, 6.45) is 5.51. The van der Waals surface area contributed by atoms with Crippen LogP contribution in [-0.2, 0) is 0 Å². The summed E-state index contributed by atoms with van der Waals surface area (Å²) in [6, 6.07) is 0.641. The van der Waals surface area contributed by atoms with Crippen LogP contribution in [-0.4, -0.2) is 48.1 Å². The number of nitrogens with zero attached hydrogens (tertiary/aromatic N) is 1. The molecule has 1 heterocycles. The van der Waals surface area contributed by atoms with Gasteiger partial charge in [-0.2, -0.15) is 11.8 Å². The van der Waals surface area contributed by atoms with Crippen LogP contribution in [0.3, 0.4) is 0 Å². The monoisotopic (exact) mass is 258 g/mol. The highest BCUT2D eigenvalue weighted by atomic mass is 32.2. The minimum atomic E-state index is 0.641. The van der Waals surface area contributed by atoms with E-state index in [0.29, 0.717) is 6.04 Å². The lowest BCUT2D eigenvalue weighted by Crippen LogP contribution is -2.37. The number of thioether (sulfide) groups is 1. The maximum absolute atomic E-state index is 3.48. The molecule has 102 valence electrons. The van der Waals surface area contributed by atoms with Crippen LogP contribution in [0.5, 0.6) is 0 Å². The molecule has 3 heteroatoms. The summed E-state index contributed by atoms with van der Waals surface area (Å²) < 4.78 is 0. The van der Waals surface area contributed by atoms with Crippen LogP contribution in [0, 0.1) is 0 Å². The average Bonchev–Trinajstić information content (AvgIpc) is 2.27. The molecule has 0 radical (unpaired) electrons. The first-order chi connectivity index (χ1) is 8.18. The maximum atomic E-state index is 3.48. The van der Waals surface area contributed by atoms with Crippen LogP contribution in [0.2, 0.25) is 0 Å². The van der Waals surface area contributed by atoms with E-state index in [1.165, 1.54) is 57.6 Å². The normalized spacial score (nSPS) is 22.2. The van der Waals surface area contributed by atoms with E-state index < -0.39 is 0 Å². The van der Waals surface area contributed by atoms with Gasteiger partial charge in [0.15, 0.2) is 0 Å². The van der Waals surface area contributed by atoms with Crippen molar-refractivity contribution in [3.63, 3.8) is 0 Å². The molecule has 0 aromatic rings. The SMILES string of the molecule is CC(C)NCCCCCCN1CCSC(C)C1. The van der Waals surface area contributed by atoms with Gasteiger partial charge in [0.2, 0.25) is 0 Å². The number of nitrogens with one attached hydrogen (secondary N) is 1. The Bertz CT molecular complexity index is 185. The van der Waals surface area contributed by atoms with Crippen molar-refractivity contribution in [3.8, 4) is 0 Å². The molecule has 0 saturated carbocycles. The van der Waals surface area contributed by atoms with Crippen molar-refractivity contribution in [2.45, 2.75) is 57.7 Å². The van der Waals surface area contributed by atoms with E-state index in [1.807, 2.05) is 0 Å². The van der Waals surface area contributed by atoms with Gasteiger partial charge in [-0.15, -0.1) is 0 Å². The third-order valence-corrected chi connectivity index (χ3v) is 4.42. The number of unbranched alkanes of at least 4 members (excludes halogenated alkanes) is 3. The Morgan fingerprint density at radius 2 is 2.00 bits per heavy atom. The number of rotatable bonds is 8. The van der Waals surface area contributed by atoms with Gasteiger partial charge in [0.1, 0.15) is 0 Å². The van der Waals surface area contributed by atoms with Gasteiger partial charge in [-0.1, -0.05) is 33.6 Å². The van der Waals surface area contributed by atoms with E-state index in [-0.39, 0.29) is 0 Å². The molecular formula is C14H30N2S. The molecule has 0 aliphatic carbocycles. The van der Waals surface area contributed by atoms with Gasteiger partial charge in [0.25, 0.3) is 0 Å². The van der Waals surface area contributed by atoms with E-state index in [1.54, 1.807) is 0 Å². The minimum Gasteiger partial charge on any atom is -0.315 e. The smallest absolute Gasteiger partial charge is 0.0147 e. The van der Waals surface area contributed by atoms with E-state index in [2.05, 4.69) is 42.7 Å². The molecule has 0 aromatic carbocycles. The van der Waals surface area contributed by atoms with Gasteiger partial charge in [-0.3, -0.25) is 0 Å². The Morgan fingerprint density at radius 3 is 2.71 bits per heavy atom. The predicted octanol–water partition coefficient (Wildman–Crippen LogP) is 2.98. The van der Waals surface area contributed by atoms with E-state index in [9.17, 15) is 0 Å². The number of hydrogen-bond acceptors (Lipinski definition) is 3. The Labute approximate surface area is 112 Å². The quantitative estimate of drug-likeness (QED) is 0.674. The molecule has 2 nitrogen and oxygen atoms in total. The average molecular weight is 258 g/mol. The summed E-state index contributed by atoms with van der Waals surface area (Å²) >= 11 is 2.12. The fraction of sp³-hybridized carbons (Fsp3) is 1.00. The van der Waals surface area contributed by atoms with Crippen LogP contribution in [0.4, 0.5) is 0 Å². The van der Waals surface area contributed by atoms with Crippen LogP contribution in [0.1, 0.15) is 46.5 Å². The highest BCUT2D eigenvalue weighted by Gasteiger charge is 2.15. The first kappa shape index (κ1) is 15.3. The summed E-state index contributed by atoms with van der Waals surface area (Å²) in [4.78, 5) is 2.65. The Balaban J connectivity index is 1.86. The van der Waals surface area contributed by atoms with Crippen molar-refractivity contribution < 1.29 is 0 Å². The van der Waals surface area contributed by atoms with Crippen molar-refractivity contribution in [3.05, 3.63) is 0 Å². The molecule has 17 heavy (non-hydrogen) atoms. The van der Waals surface area contributed by atoms with Gasteiger partial charge >= 0.3 is 0 Å². The van der Waals surface area contributed by atoms with Crippen molar-refractivity contribution >= 4 is 11.8 Å². The molecule has 1 N–H and O–H groups in total. The van der Waals surface area contributed by atoms with Crippen LogP contribution in [0.25, 0.3) is 0 Å². The highest BCUT2D eigenvalue weighted by molar-refractivity contribution is 7.99. The Morgan fingerprint density at radius 1 is 1.24 bits per heavy atom. The predicted molar refractivity (Wildman–Crippen MR) is 80.0 cm³/mol. The maximum Gasteiger partial charge on any atom is 0.0147 e. The third-order valence-electron chi connectivity index (χ3n) is 3.28. The standard InChI is InChI=1S/C14H30N2S/c1-13(2)15-8-6-4-5-7-9-16-10-11-17-14(3)12-16/h13-15H,4-12H2,1-3H3. The van der Waals surface area contributed by atoms with Crippen LogP contribution < -0.4 is 5.32 Å². The lowest BCUT2D eigenvalue weighted by molar-refractivity contribution is 0.279. The Kier molecular flexibility index (Phi) is 8.33. The van der Waals surface area contributed by atoms with Gasteiger partial charge < -0.3 is 10.2 Å². The van der Waals surface area contributed by atoms with Gasteiger partial charge in [-0.25, -0.2) is 0 Å². The molecule has 0 bridgehead atoms. The largest absolute Gasteiger partial charge is 0.315 e. The van der Waals surface area contributed by atoms with Crippen molar-refractivity contribution in [2.75, 3.05) is 31.9 Å². The van der Waals surface area contributed by atoms with Crippen LogP contribution in [0.15, 0.2) is 0 Å². The fourth-order valence-corrected chi connectivity index (χ4v) is 3.38. The highest BCUT2D eigenvalue weighted by Crippen LogP contribution is 2.18. The molecule has 1 fully saturated rings. The molecule has 1 atom stereocenters. The zero-order chi connectivity index (χ0) is 12.5. The lowest BCUT2D eigenvalue weighted by atomic mass is 10.2. The van der Waals surface area contributed by atoms with Crippen molar-refractivity contribution in [1.29, 1.82) is 0 Å². The lowest BCUT2D eigenvalue weighted by Gasteiger charge is -2.30.